The highest BCUT2D eigenvalue weighted by atomic mass is 32.2. The Labute approximate surface area is 112 Å². The zero-order valence-corrected chi connectivity index (χ0v) is 11.1. The van der Waals surface area contributed by atoms with Gasteiger partial charge < -0.3 is 14.9 Å². The highest BCUT2D eigenvalue weighted by molar-refractivity contribution is 7.99. The van der Waals surface area contributed by atoms with E-state index in [0.29, 0.717) is 11.3 Å². The summed E-state index contributed by atoms with van der Waals surface area (Å²) in [6, 6.07) is -1.92. The third-order valence-corrected chi connectivity index (χ3v) is 3.56. The third kappa shape index (κ3) is 4.48. The average Bonchev–Trinajstić information content (AvgIpc) is 2.74. The summed E-state index contributed by atoms with van der Waals surface area (Å²) in [5.74, 6) is -0.886. The van der Waals surface area contributed by atoms with Gasteiger partial charge in [0.2, 0.25) is 0 Å². The number of hydrogen-bond donors (Lipinski definition) is 1. The predicted molar refractivity (Wildman–Crippen MR) is 63.9 cm³/mol. The standard InChI is InChI=1S/C10H15F3N2O3S/c1-2-3-14(5-10(11,12)13)9(18)15-6-19-4-7(15)8(16)17/h7H,2-6H2,1H3,(H,16,17)/t7-/m0/s1. The number of rotatable bonds is 4. The Kier molecular flexibility index (Phi) is 5.33. The Balaban J connectivity index is 2.78. The van der Waals surface area contributed by atoms with E-state index in [0.717, 1.165) is 4.90 Å². The molecule has 0 aromatic heterocycles. The number of thioether (sulfide) groups is 1. The molecule has 0 aromatic rings. The summed E-state index contributed by atoms with van der Waals surface area (Å²) in [4.78, 5) is 24.6. The summed E-state index contributed by atoms with van der Waals surface area (Å²) in [6.45, 7) is 0.253. The maximum Gasteiger partial charge on any atom is 0.406 e. The minimum atomic E-state index is -4.49. The maximum absolute atomic E-state index is 12.4. The third-order valence-electron chi connectivity index (χ3n) is 2.55. The predicted octanol–water partition coefficient (Wildman–Crippen LogP) is 1.84. The molecule has 1 aliphatic heterocycles. The fourth-order valence-corrected chi connectivity index (χ4v) is 2.88. The molecular weight excluding hydrogens is 285 g/mol. The molecule has 0 bridgehead atoms. The van der Waals surface area contributed by atoms with Crippen LogP contribution >= 0.6 is 11.8 Å². The van der Waals surface area contributed by atoms with E-state index in [9.17, 15) is 22.8 Å². The van der Waals surface area contributed by atoms with Gasteiger partial charge in [0.15, 0.2) is 0 Å². The first-order valence-corrected chi connectivity index (χ1v) is 6.84. The van der Waals surface area contributed by atoms with E-state index in [1.165, 1.54) is 11.8 Å². The topological polar surface area (TPSA) is 60.9 Å². The fourth-order valence-electron chi connectivity index (χ4n) is 1.75. The molecule has 0 saturated carbocycles. The summed E-state index contributed by atoms with van der Waals surface area (Å²) >= 11 is 1.22. The number of urea groups is 1. The number of carbonyl (C=O) groups is 2. The van der Waals surface area contributed by atoms with Crippen LogP contribution in [-0.4, -0.2) is 63.8 Å². The second-order valence-corrected chi connectivity index (χ2v) is 5.14. The molecular formula is C10H15F3N2O3S. The van der Waals surface area contributed by atoms with Crippen LogP contribution in [0.5, 0.6) is 0 Å². The monoisotopic (exact) mass is 300 g/mol. The smallest absolute Gasteiger partial charge is 0.406 e. The van der Waals surface area contributed by atoms with Crippen molar-refractivity contribution in [1.82, 2.24) is 9.80 Å². The van der Waals surface area contributed by atoms with Gasteiger partial charge in [-0.1, -0.05) is 6.92 Å². The number of halogens is 3. The maximum atomic E-state index is 12.4. The Bertz CT molecular complexity index is 351. The average molecular weight is 300 g/mol. The van der Waals surface area contributed by atoms with Crippen molar-refractivity contribution in [3.05, 3.63) is 0 Å². The van der Waals surface area contributed by atoms with Crippen molar-refractivity contribution >= 4 is 23.8 Å². The zero-order chi connectivity index (χ0) is 14.6. The van der Waals surface area contributed by atoms with Crippen molar-refractivity contribution in [2.24, 2.45) is 0 Å². The molecule has 9 heteroatoms. The largest absolute Gasteiger partial charge is 0.480 e. The number of carboxylic acid groups (broad SMARTS) is 1. The normalized spacial score (nSPS) is 19.6. The van der Waals surface area contributed by atoms with Crippen molar-refractivity contribution in [1.29, 1.82) is 0 Å². The van der Waals surface area contributed by atoms with Gasteiger partial charge in [-0.15, -0.1) is 11.8 Å². The van der Waals surface area contributed by atoms with Crippen LogP contribution in [0, 0.1) is 0 Å². The van der Waals surface area contributed by atoms with E-state index in [1.807, 2.05) is 0 Å². The first kappa shape index (κ1) is 15.9. The van der Waals surface area contributed by atoms with Crippen LogP contribution in [0.1, 0.15) is 13.3 Å². The molecule has 0 unspecified atom stereocenters. The van der Waals surface area contributed by atoms with Crippen molar-refractivity contribution in [2.45, 2.75) is 25.6 Å². The molecule has 2 amide bonds. The van der Waals surface area contributed by atoms with Gasteiger partial charge in [-0.2, -0.15) is 13.2 Å². The lowest BCUT2D eigenvalue weighted by Gasteiger charge is -2.30. The lowest BCUT2D eigenvalue weighted by Crippen LogP contribution is -2.51. The summed E-state index contributed by atoms with van der Waals surface area (Å²) in [7, 11) is 0. The van der Waals surface area contributed by atoms with Crippen molar-refractivity contribution in [2.75, 3.05) is 24.7 Å². The SMILES string of the molecule is CCCN(CC(F)(F)F)C(=O)N1CSC[C@H]1C(=O)O. The van der Waals surface area contributed by atoms with E-state index in [4.69, 9.17) is 5.11 Å². The van der Waals surface area contributed by atoms with E-state index in [-0.39, 0.29) is 18.2 Å². The van der Waals surface area contributed by atoms with Gasteiger partial charge in [0.05, 0.1) is 5.88 Å². The number of alkyl halides is 3. The Morgan fingerprint density at radius 3 is 2.58 bits per heavy atom. The highest BCUT2D eigenvalue weighted by Crippen LogP contribution is 2.24. The lowest BCUT2D eigenvalue weighted by molar-refractivity contribution is -0.143. The van der Waals surface area contributed by atoms with E-state index in [1.54, 1.807) is 6.92 Å². The zero-order valence-electron chi connectivity index (χ0n) is 10.3. The molecule has 1 saturated heterocycles. The molecule has 0 radical (unpaired) electrons. The van der Waals surface area contributed by atoms with Crippen molar-refractivity contribution in [3.63, 3.8) is 0 Å². The Morgan fingerprint density at radius 2 is 2.11 bits per heavy atom. The van der Waals surface area contributed by atoms with E-state index >= 15 is 0 Å². The van der Waals surface area contributed by atoms with Gasteiger partial charge in [0.1, 0.15) is 12.6 Å². The summed E-state index contributed by atoms with van der Waals surface area (Å²) < 4.78 is 37.2. The van der Waals surface area contributed by atoms with Crippen LogP contribution < -0.4 is 0 Å². The number of carboxylic acids is 1. The van der Waals surface area contributed by atoms with Crippen LogP contribution in [0.3, 0.4) is 0 Å². The van der Waals surface area contributed by atoms with Gasteiger partial charge >= 0.3 is 18.2 Å². The molecule has 1 heterocycles. The van der Waals surface area contributed by atoms with E-state index < -0.39 is 30.8 Å². The molecule has 0 aromatic carbocycles. The number of amides is 2. The quantitative estimate of drug-likeness (QED) is 0.860. The molecule has 1 N–H and O–H groups in total. The molecule has 1 aliphatic rings. The number of hydrogen-bond acceptors (Lipinski definition) is 3. The summed E-state index contributed by atoms with van der Waals surface area (Å²) in [5.41, 5.74) is 0. The molecule has 5 nitrogen and oxygen atoms in total. The number of nitrogens with zero attached hydrogens (tertiary/aromatic N) is 2. The minimum Gasteiger partial charge on any atom is -0.480 e. The Hall–Kier alpha value is -1.12. The van der Waals surface area contributed by atoms with Crippen LogP contribution in [0.2, 0.25) is 0 Å². The van der Waals surface area contributed by atoms with Crippen molar-refractivity contribution < 1.29 is 27.9 Å². The molecule has 1 atom stereocenters. The van der Waals surface area contributed by atoms with Crippen LogP contribution in [0.15, 0.2) is 0 Å². The minimum absolute atomic E-state index is 0.0498. The van der Waals surface area contributed by atoms with Gasteiger partial charge in [-0.25, -0.2) is 9.59 Å². The second-order valence-electron chi connectivity index (χ2n) is 4.14. The first-order chi connectivity index (χ1) is 8.76. The molecule has 1 fully saturated rings. The lowest BCUT2D eigenvalue weighted by atomic mass is 10.3. The molecule has 19 heavy (non-hydrogen) atoms. The summed E-state index contributed by atoms with van der Waals surface area (Å²) in [5, 5.41) is 8.93. The molecule has 0 aliphatic carbocycles. The van der Waals surface area contributed by atoms with Gasteiger partial charge in [0, 0.05) is 12.3 Å². The van der Waals surface area contributed by atoms with E-state index in [2.05, 4.69) is 0 Å². The second kappa shape index (κ2) is 6.36. The first-order valence-electron chi connectivity index (χ1n) is 5.69. The molecule has 110 valence electrons. The van der Waals surface area contributed by atoms with Gasteiger partial charge in [-0.3, -0.25) is 0 Å². The fraction of sp³-hybridized carbons (Fsp3) is 0.800. The molecule has 1 rings (SSSR count). The van der Waals surface area contributed by atoms with Crippen LogP contribution in [0.25, 0.3) is 0 Å². The summed E-state index contributed by atoms with van der Waals surface area (Å²) in [6.07, 6.45) is -4.11. The van der Waals surface area contributed by atoms with Crippen LogP contribution in [-0.2, 0) is 4.79 Å². The van der Waals surface area contributed by atoms with Crippen LogP contribution in [0.4, 0.5) is 18.0 Å². The van der Waals surface area contributed by atoms with Crippen molar-refractivity contribution in [3.8, 4) is 0 Å². The Morgan fingerprint density at radius 1 is 1.47 bits per heavy atom. The number of carbonyl (C=O) groups excluding carboxylic acids is 1. The highest BCUT2D eigenvalue weighted by Gasteiger charge is 2.40. The van der Waals surface area contributed by atoms with Gasteiger partial charge in [0.25, 0.3) is 0 Å². The van der Waals surface area contributed by atoms with Gasteiger partial charge in [-0.05, 0) is 6.42 Å². The number of aliphatic carboxylic acids is 1. The molecule has 0 spiro atoms.